The number of likely N-dealkylation sites (tertiary alicyclic amines) is 1. The molecule has 0 radical (unpaired) electrons. The van der Waals surface area contributed by atoms with Crippen LogP contribution in [0.1, 0.15) is 58.8 Å². The predicted octanol–water partition coefficient (Wildman–Crippen LogP) is 3.20. The summed E-state index contributed by atoms with van der Waals surface area (Å²) in [4.78, 5) is 19.7. The molecule has 0 aromatic rings. The van der Waals surface area contributed by atoms with E-state index >= 15 is 0 Å². The minimum atomic E-state index is -0.108. The van der Waals surface area contributed by atoms with Gasteiger partial charge >= 0.3 is 0 Å². The molecule has 0 aromatic carbocycles. The quantitative estimate of drug-likeness (QED) is 0.164. The molecule has 222 valence electrons. The number of ether oxygens (including phenoxy) is 3. The van der Waals surface area contributed by atoms with Gasteiger partial charge < -0.3 is 35.5 Å². The summed E-state index contributed by atoms with van der Waals surface area (Å²) in [6.45, 7) is 11.6. The normalized spacial score (nSPS) is 30.6. The smallest absolute Gasteiger partial charge is 0.272 e. The first-order valence-electron chi connectivity index (χ1n) is 14.9. The molecular formula is C31H49N5O4. The van der Waals surface area contributed by atoms with Crippen molar-refractivity contribution >= 4 is 12.2 Å². The van der Waals surface area contributed by atoms with Crippen LogP contribution in [-0.4, -0.2) is 87.5 Å². The summed E-state index contributed by atoms with van der Waals surface area (Å²) < 4.78 is 17.6. The van der Waals surface area contributed by atoms with E-state index in [2.05, 4.69) is 47.4 Å². The van der Waals surface area contributed by atoms with E-state index in [1.165, 1.54) is 11.9 Å². The summed E-state index contributed by atoms with van der Waals surface area (Å²) >= 11 is 0. The Morgan fingerprint density at radius 3 is 2.80 bits per heavy atom. The molecule has 0 saturated carbocycles. The van der Waals surface area contributed by atoms with Crippen LogP contribution in [0.5, 0.6) is 0 Å². The van der Waals surface area contributed by atoms with Gasteiger partial charge in [-0.1, -0.05) is 30.4 Å². The monoisotopic (exact) mass is 555 g/mol. The standard InChI is InChI=1S/C31H49N5O4/c1-21-7-5-8-24(17-21)28-10-6-9-26(40-28)18-33-23(3)22(2)30(34-20-32)31(37)36-14-11-25(12-15-36)35-27-13-16-39-19-29(27)38-4/h5,7-8,20,24-29,33,35H,3,6,9-19H2,1-2,4H3,(H2,32,34)/b30-22-/t24?,26-,27+,28+,29-/m1/s1. The van der Waals surface area contributed by atoms with Crippen molar-refractivity contribution in [2.45, 2.75) is 89.2 Å². The maximum Gasteiger partial charge on any atom is 0.272 e. The van der Waals surface area contributed by atoms with Crippen molar-refractivity contribution in [3.05, 3.63) is 47.3 Å². The van der Waals surface area contributed by atoms with Gasteiger partial charge in [-0.25, -0.2) is 4.99 Å². The second-order valence-electron chi connectivity index (χ2n) is 11.6. The molecule has 40 heavy (non-hydrogen) atoms. The van der Waals surface area contributed by atoms with Crippen LogP contribution in [0, 0.1) is 5.92 Å². The van der Waals surface area contributed by atoms with E-state index in [1.807, 2.05) is 11.8 Å². The van der Waals surface area contributed by atoms with Gasteiger partial charge in [0.05, 0.1) is 31.3 Å². The molecule has 9 heteroatoms. The van der Waals surface area contributed by atoms with Crippen LogP contribution in [0.4, 0.5) is 0 Å². The first-order chi connectivity index (χ1) is 19.4. The molecule has 4 rings (SSSR count). The molecule has 1 amide bonds. The van der Waals surface area contributed by atoms with E-state index in [9.17, 15) is 4.79 Å². The van der Waals surface area contributed by atoms with E-state index in [0.717, 1.165) is 51.6 Å². The van der Waals surface area contributed by atoms with Crippen LogP contribution >= 0.6 is 0 Å². The highest BCUT2D eigenvalue weighted by Gasteiger charge is 2.32. The lowest BCUT2D eigenvalue weighted by Gasteiger charge is -2.38. The number of methoxy groups -OCH3 is 1. The maximum atomic E-state index is 13.5. The van der Waals surface area contributed by atoms with Gasteiger partial charge in [0.25, 0.3) is 5.91 Å². The number of nitrogens with one attached hydrogen (secondary N) is 2. The second kappa shape index (κ2) is 15.0. The van der Waals surface area contributed by atoms with Gasteiger partial charge in [0.15, 0.2) is 0 Å². The number of nitrogens with two attached hydrogens (primary N) is 1. The summed E-state index contributed by atoms with van der Waals surface area (Å²) in [5.74, 6) is 0.334. The minimum Gasteiger partial charge on any atom is -0.390 e. The molecule has 4 aliphatic rings. The third kappa shape index (κ3) is 8.06. The van der Waals surface area contributed by atoms with Crippen molar-refractivity contribution < 1.29 is 19.0 Å². The van der Waals surface area contributed by atoms with Crippen LogP contribution in [0.25, 0.3) is 0 Å². The Bertz CT molecular complexity index is 998. The molecule has 9 nitrogen and oxygen atoms in total. The fourth-order valence-electron chi connectivity index (χ4n) is 6.26. The molecule has 3 aliphatic heterocycles. The third-order valence-corrected chi connectivity index (χ3v) is 8.75. The number of piperidine rings is 1. The number of amides is 1. The Morgan fingerprint density at radius 1 is 1.27 bits per heavy atom. The van der Waals surface area contributed by atoms with Gasteiger partial charge in [-0.3, -0.25) is 4.79 Å². The minimum absolute atomic E-state index is 0.0679. The largest absolute Gasteiger partial charge is 0.390 e. The highest BCUT2D eigenvalue weighted by molar-refractivity contribution is 5.95. The highest BCUT2D eigenvalue weighted by atomic mass is 16.5. The molecule has 1 unspecified atom stereocenters. The number of hydrogen-bond acceptors (Lipinski definition) is 7. The summed E-state index contributed by atoms with van der Waals surface area (Å²) in [5, 5.41) is 7.16. The Hall–Kier alpha value is -2.46. The molecule has 0 aromatic heterocycles. The SMILES string of the molecule is C=C(NC[C@H]1CCC[C@@H](C2C=CC=C(C)C2)O1)/C(C)=C(\N=CN)C(=O)N1CCC(N[C@H]2CCOC[C@H]2OC)CC1. The third-order valence-electron chi connectivity index (χ3n) is 8.75. The number of nitrogens with zero attached hydrogens (tertiary/aromatic N) is 2. The number of hydrogen-bond donors (Lipinski definition) is 3. The van der Waals surface area contributed by atoms with E-state index in [0.29, 0.717) is 55.2 Å². The molecule has 1 aliphatic carbocycles. The highest BCUT2D eigenvalue weighted by Crippen LogP contribution is 2.31. The average molecular weight is 556 g/mol. The molecule has 3 heterocycles. The first-order valence-corrected chi connectivity index (χ1v) is 14.9. The van der Waals surface area contributed by atoms with Crippen molar-refractivity contribution in [3.63, 3.8) is 0 Å². The van der Waals surface area contributed by atoms with E-state index in [1.54, 1.807) is 7.11 Å². The number of rotatable bonds is 10. The lowest BCUT2D eigenvalue weighted by Crippen LogP contribution is -2.54. The zero-order valence-electron chi connectivity index (χ0n) is 24.6. The molecule has 4 N–H and O–H groups in total. The zero-order valence-corrected chi connectivity index (χ0v) is 24.6. The fraction of sp³-hybridized carbons (Fsp3) is 0.677. The first kappa shape index (κ1) is 30.5. The average Bonchev–Trinajstić information content (AvgIpc) is 2.99. The Kier molecular flexibility index (Phi) is 11.4. The van der Waals surface area contributed by atoms with Gasteiger partial charge in [0.1, 0.15) is 5.70 Å². The van der Waals surface area contributed by atoms with Gasteiger partial charge in [0.2, 0.25) is 0 Å². The van der Waals surface area contributed by atoms with Crippen molar-refractivity contribution in [2.24, 2.45) is 16.6 Å². The molecule has 3 fully saturated rings. The van der Waals surface area contributed by atoms with Gasteiger partial charge in [0, 0.05) is 62.6 Å². The van der Waals surface area contributed by atoms with Crippen molar-refractivity contribution in [1.82, 2.24) is 15.5 Å². The van der Waals surface area contributed by atoms with E-state index < -0.39 is 0 Å². The molecule has 0 spiro atoms. The summed E-state index contributed by atoms with van der Waals surface area (Å²) in [5.41, 5.74) is 8.80. The predicted molar refractivity (Wildman–Crippen MR) is 159 cm³/mol. The Labute approximate surface area is 240 Å². The van der Waals surface area contributed by atoms with Gasteiger partial charge in [-0.2, -0.15) is 0 Å². The zero-order chi connectivity index (χ0) is 28.5. The van der Waals surface area contributed by atoms with Crippen molar-refractivity contribution in [3.8, 4) is 0 Å². The molecular weight excluding hydrogens is 506 g/mol. The maximum absolute atomic E-state index is 13.5. The van der Waals surface area contributed by atoms with Crippen molar-refractivity contribution in [1.29, 1.82) is 0 Å². The topological polar surface area (TPSA) is 110 Å². The molecule has 0 bridgehead atoms. The van der Waals surface area contributed by atoms with Crippen LogP contribution in [0.15, 0.2) is 52.3 Å². The van der Waals surface area contributed by atoms with Crippen LogP contribution in [0.3, 0.4) is 0 Å². The number of aliphatic imine (C=N–C) groups is 1. The van der Waals surface area contributed by atoms with Crippen LogP contribution in [-0.2, 0) is 19.0 Å². The number of allylic oxidation sites excluding steroid dienone is 4. The lowest BCUT2D eigenvalue weighted by molar-refractivity contribution is -0.128. The van der Waals surface area contributed by atoms with E-state index in [4.69, 9.17) is 19.9 Å². The summed E-state index contributed by atoms with van der Waals surface area (Å²) in [6.07, 6.45) is 15.2. The van der Waals surface area contributed by atoms with Gasteiger partial charge in [-0.15, -0.1) is 0 Å². The number of carbonyl (C=O) groups is 1. The Morgan fingerprint density at radius 2 is 2.08 bits per heavy atom. The number of carbonyl (C=O) groups excluding carboxylic acids is 1. The van der Waals surface area contributed by atoms with E-state index in [-0.39, 0.29) is 30.3 Å². The second-order valence-corrected chi connectivity index (χ2v) is 11.6. The van der Waals surface area contributed by atoms with Crippen molar-refractivity contribution in [2.75, 3.05) is 40.0 Å². The lowest BCUT2D eigenvalue weighted by atomic mass is 9.86. The molecule has 5 atom stereocenters. The fourth-order valence-corrected chi connectivity index (χ4v) is 6.26. The summed E-state index contributed by atoms with van der Waals surface area (Å²) in [7, 11) is 1.73. The van der Waals surface area contributed by atoms with Crippen LogP contribution < -0.4 is 16.4 Å². The van der Waals surface area contributed by atoms with Crippen LogP contribution in [0.2, 0.25) is 0 Å². The summed E-state index contributed by atoms with van der Waals surface area (Å²) in [6, 6.07) is 0.625. The Balaban J connectivity index is 1.28. The molecule has 3 saturated heterocycles. The van der Waals surface area contributed by atoms with Gasteiger partial charge in [-0.05, 0) is 58.8 Å².